The van der Waals surface area contributed by atoms with Gasteiger partial charge < -0.3 is 25.8 Å². The van der Waals surface area contributed by atoms with Gasteiger partial charge in [0.15, 0.2) is 0 Å². The van der Waals surface area contributed by atoms with Gasteiger partial charge in [-0.1, -0.05) is 102 Å². The van der Waals surface area contributed by atoms with Crippen molar-refractivity contribution < 1.29 is 24.0 Å². The Morgan fingerprint density at radius 3 is 1.40 bits per heavy atom. The topological polar surface area (TPSA) is 128 Å². The lowest BCUT2D eigenvalue weighted by molar-refractivity contribution is -0.151. The molecule has 1 aliphatic rings. The van der Waals surface area contributed by atoms with Crippen molar-refractivity contribution >= 4 is 29.5 Å². The molecule has 1 saturated heterocycles. The molecule has 5 atom stereocenters. The molecule has 3 rings (SSSR count). The second kappa shape index (κ2) is 17.1. The normalized spacial score (nSPS) is 23.8. The molecule has 0 aromatic heterocycles. The molecule has 0 saturated carbocycles. The highest BCUT2D eigenvalue weighted by Gasteiger charge is 2.40. The van der Waals surface area contributed by atoms with E-state index in [0.29, 0.717) is 12.8 Å². The van der Waals surface area contributed by atoms with E-state index in [4.69, 9.17) is 0 Å². The van der Waals surface area contributed by atoms with E-state index in [-0.39, 0.29) is 36.5 Å². The van der Waals surface area contributed by atoms with Gasteiger partial charge in [-0.05, 0) is 41.7 Å². The van der Waals surface area contributed by atoms with E-state index < -0.39 is 53.8 Å². The zero-order valence-corrected chi connectivity index (χ0v) is 29.2. The highest BCUT2D eigenvalue weighted by Crippen LogP contribution is 2.20. The molecule has 2 aromatic rings. The van der Waals surface area contributed by atoms with Crippen LogP contribution in [0, 0.1) is 17.8 Å². The first-order valence-corrected chi connectivity index (χ1v) is 16.7. The summed E-state index contributed by atoms with van der Waals surface area (Å²) in [6.45, 7) is 11.6. The summed E-state index contributed by atoms with van der Waals surface area (Å²) in [5, 5.41) is 8.76. The minimum Gasteiger partial charge on any atom is -0.342 e. The van der Waals surface area contributed by atoms with Crippen LogP contribution in [0.5, 0.6) is 0 Å². The predicted molar refractivity (Wildman–Crippen MR) is 183 cm³/mol. The first kappa shape index (κ1) is 37.2. The maximum Gasteiger partial charge on any atom is 0.246 e. The van der Waals surface area contributed by atoms with E-state index >= 15 is 0 Å². The van der Waals surface area contributed by atoms with Gasteiger partial charge >= 0.3 is 0 Å². The lowest BCUT2D eigenvalue weighted by Gasteiger charge is -2.38. The molecule has 10 heteroatoms. The Labute approximate surface area is 280 Å². The van der Waals surface area contributed by atoms with Crippen LogP contribution in [0.4, 0.5) is 0 Å². The molecule has 1 heterocycles. The molecule has 1 fully saturated rings. The fraction of sp³-hybridized carbons (Fsp3) is 0.541. The van der Waals surface area contributed by atoms with Gasteiger partial charge in [0.1, 0.15) is 30.2 Å². The Hall–Kier alpha value is -4.21. The van der Waals surface area contributed by atoms with Crippen molar-refractivity contribution in [2.75, 3.05) is 14.1 Å². The Morgan fingerprint density at radius 1 is 0.553 bits per heavy atom. The summed E-state index contributed by atoms with van der Waals surface area (Å²) in [5.41, 5.74) is 1.64. The van der Waals surface area contributed by atoms with Crippen LogP contribution in [-0.2, 0) is 36.8 Å². The molecule has 47 heavy (non-hydrogen) atoms. The third-order valence-electron chi connectivity index (χ3n) is 8.61. The number of nitrogens with one attached hydrogen (secondary N) is 3. The second-order valence-electron chi connectivity index (χ2n) is 13.9. The molecule has 256 valence electrons. The molecule has 0 aliphatic carbocycles. The fourth-order valence-electron chi connectivity index (χ4n) is 6.15. The number of rotatable bonds is 9. The predicted octanol–water partition coefficient (Wildman–Crippen LogP) is 3.34. The summed E-state index contributed by atoms with van der Waals surface area (Å²) < 4.78 is 0. The van der Waals surface area contributed by atoms with Gasteiger partial charge in [-0.25, -0.2) is 0 Å². The summed E-state index contributed by atoms with van der Waals surface area (Å²) in [7, 11) is 3.16. The van der Waals surface area contributed by atoms with E-state index in [1.165, 1.54) is 9.80 Å². The average molecular weight is 648 g/mol. The highest BCUT2D eigenvalue weighted by molar-refractivity contribution is 5.98. The number of nitrogens with zero attached hydrogens (tertiary/aromatic N) is 2. The van der Waals surface area contributed by atoms with Gasteiger partial charge in [0.2, 0.25) is 29.5 Å². The summed E-state index contributed by atoms with van der Waals surface area (Å²) >= 11 is 0. The zero-order valence-electron chi connectivity index (χ0n) is 29.2. The summed E-state index contributed by atoms with van der Waals surface area (Å²) in [4.78, 5) is 73.3. The molecule has 3 N–H and O–H groups in total. The number of hydrogen-bond acceptors (Lipinski definition) is 5. The zero-order chi connectivity index (χ0) is 34.8. The van der Waals surface area contributed by atoms with Gasteiger partial charge in [-0.2, -0.15) is 0 Å². The molecule has 0 bridgehead atoms. The Kier molecular flexibility index (Phi) is 13.5. The van der Waals surface area contributed by atoms with E-state index in [1.807, 2.05) is 102 Å². The van der Waals surface area contributed by atoms with Crippen LogP contribution in [0.1, 0.15) is 65.5 Å². The Morgan fingerprint density at radius 2 is 0.979 bits per heavy atom. The number of carbonyl (C=O) groups is 5. The van der Waals surface area contributed by atoms with Crippen LogP contribution in [0.3, 0.4) is 0 Å². The third-order valence-corrected chi connectivity index (χ3v) is 8.61. The number of carbonyl (C=O) groups excluding carboxylic acids is 5. The van der Waals surface area contributed by atoms with Crippen LogP contribution < -0.4 is 16.0 Å². The van der Waals surface area contributed by atoms with Crippen molar-refractivity contribution in [2.45, 2.75) is 97.4 Å². The minimum atomic E-state index is -1.03. The summed E-state index contributed by atoms with van der Waals surface area (Å²) in [6, 6.07) is 13.9. The summed E-state index contributed by atoms with van der Waals surface area (Å²) in [6.07, 6.45) is 1.04. The maximum absolute atomic E-state index is 14.2. The van der Waals surface area contributed by atoms with Crippen LogP contribution in [0.25, 0.3) is 0 Å². The second-order valence-corrected chi connectivity index (χ2v) is 13.9. The Balaban J connectivity index is 2.17. The average Bonchev–Trinajstić information content (AvgIpc) is 3.01. The van der Waals surface area contributed by atoms with Gasteiger partial charge in [0, 0.05) is 26.9 Å². The quantitative estimate of drug-likeness (QED) is 0.385. The lowest BCUT2D eigenvalue weighted by atomic mass is 9.95. The molecule has 0 radical (unpaired) electrons. The van der Waals surface area contributed by atoms with Crippen LogP contribution >= 0.6 is 0 Å². The van der Waals surface area contributed by atoms with Crippen molar-refractivity contribution in [1.82, 2.24) is 25.8 Å². The fourth-order valence-corrected chi connectivity index (χ4v) is 6.15. The van der Waals surface area contributed by atoms with Gasteiger partial charge in [0.25, 0.3) is 0 Å². The number of likely N-dealkylation sites (N-methyl/N-ethyl adjacent to an activating group) is 2. The molecular weight excluding hydrogens is 594 g/mol. The van der Waals surface area contributed by atoms with Crippen molar-refractivity contribution in [1.29, 1.82) is 0 Å². The largest absolute Gasteiger partial charge is 0.342 e. The SMILES string of the molecule is CC(C)C[C@@H]1NC(=O)[C@@H](Cc2ccccc2)NC(=O)[C@@H](Cc2ccccc2)NC(=O)[C@@H](CC(C)C)N(C)C(=O)[C@H](C(C)C)N(C)C1=O. The monoisotopic (exact) mass is 647 g/mol. The van der Waals surface area contributed by atoms with E-state index in [9.17, 15) is 24.0 Å². The van der Waals surface area contributed by atoms with E-state index in [1.54, 1.807) is 14.1 Å². The van der Waals surface area contributed by atoms with Gasteiger partial charge in [-0.15, -0.1) is 0 Å². The molecule has 0 unspecified atom stereocenters. The molecule has 1 aliphatic heterocycles. The summed E-state index contributed by atoms with van der Waals surface area (Å²) in [5.74, 6) is -2.50. The molecule has 0 spiro atoms. The van der Waals surface area contributed by atoms with Crippen molar-refractivity contribution in [3.8, 4) is 0 Å². The van der Waals surface area contributed by atoms with E-state index in [2.05, 4.69) is 16.0 Å². The highest BCUT2D eigenvalue weighted by atomic mass is 16.2. The van der Waals surface area contributed by atoms with Gasteiger partial charge in [-0.3, -0.25) is 24.0 Å². The number of hydrogen-bond donors (Lipinski definition) is 3. The van der Waals surface area contributed by atoms with E-state index in [0.717, 1.165) is 11.1 Å². The molecular formula is C37H53N5O5. The molecule has 10 nitrogen and oxygen atoms in total. The van der Waals surface area contributed by atoms with Crippen LogP contribution in [0.15, 0.2) is 60.7 Å². The smallest absolute Gasteiger partial charge is 0.246 e. The molecule has 5 amide bonds. The van der Waals surface area contributed by atoms with Crippen LogP contribution in [0.2, 0.25) is 0 Å². The Bertz CT molecular complexity index is 1360. The van der Waals surface area contributed by atoms with Crippen molar-refractivity contribution in [2.24, 2.45) is 17.8 Å². The number of amides is 5. The van der Waals surface area contributed by atoms with Crippen molar-refractivity contribution in [3.05, 3.63) is 71.8 Å². The van der Waals surface area contributed by atoms with Crippen LogP contribution in [-0.4, -0.2) is 83.6 Å². The standard InChI is InChI=1S/C37H53N5O5/c1-23(2)19-30-36(46)42(8)32(25(5)6)37(47)41(7)31(20-24(3)4)35(45)39-29(22-27-17-13-10-14-18-27)33(43)38-28(34(44)40-30)21-26-15-11-9-12-16-26/h9-18,23-25,28-32H,19-22H2,1-8H3,(H,38,43)(H,39,45)(H,40,44)/t28-,29-,30+,31-,32+/m1/s1. The third kappa shape index (κ3) is 10.4. The molecule has 2 aromatic carbocycles. The first-order valence-electron chi connectivity index (χ1n) is 16.7. The maximum atomic E-state index is 14.2. The number of benzene rings is 2. The van der Waals surface area contributed by atoms with Gasteiger partial charge in [0.05, 0.1) is 0 Å². The first-order chi connectivity index (χ1) is 22.2. The lowest BCUT2D eigenvalue weighted by Crippen LogP contribution is -2.59. The van der Waals surface area contributed by atoms with Crippen molar-refractivity contribution in [3.63, 3.8) is 0 Å². The minimum absolute atomic E-state index is 0.0465.